The molecule has 1 aliphatic heterocycles. The van der Waals surface area contributed by atoms with Gasteiger partial charge in [0.15, 0.2) is 15.1 Å². The fourth-order valence-electron chi connectivity index (χ4n) is 5.46. The molecule has 3 aromatic heterocycles. The minimum Gasteiger partial charge on any atom is -0.463 e. The number of fused-ring (bicyclic) bond motifs is 1. The molecule has 0 unspecified atom stereocenters. The van der Waals surface area contributed by atoms with Crippen LogP contribution in [0, 0.1) is 5.82 Å². The Balaban J connectivity index is 1.31. The molecule has 3 aromatic carbocycles. The second kappa shape index (κ2) is 14.0. The molecule has 1 atom stereocenters. The Morgan fingerprint density at radius 2 is 1.65 bits per heavy atom. The van der Waals surface area contributed by atoms with Gasteiger partial charge in [-0.3, -0.25) is 9.36 Å². The Morgan fingerprint density at radius 1 is 0.961 bits per heavy atom. The van der Waals surface area contributed by atoms with Gasteiger partial charge >= 0.3 is 12.1 Å². The van der Waals surface area contributed by atoms with E-state index in [-0.39, 0.29) is 43.2 Å². The number of halogens is 4. The molecule has 256 valence electrons. The lowest BCUT2D eigenvalue weighted by Crippen LogP contribution is -2.40. The summed E-state index contributed by atoms with van der Waals surface area (Å²) >= 11 is 1.85. The Morgan fingerprint density at radius 3 is 2.31 bits per heavy atom. The van der Waals surface area contributed by atoms with Gasteiger partial charge in [0.1, 0.15) is 17.3 Å². The van der Waals surface area contributed by atoms with E-state index in [2.05, 4.69) is 9.97 Å². The van der Waals surface area contributed by atoms with Gasteiger partial charge in [-0.2, -0.15) is 13.2 Å². The molecular weight excluding hydrogens is 705 g/mol. The molecule has 0 fully saturated rings. The van der Waals surface area contributed by atoms with Gasteiger partial charge in [-0.25, -0.2) is 24.1 Å². The van der Waals surface area contributed by atoms with Crippen LogP contribution in [0.15, 0.2) is 133 Å². The van der Waals surface area contributed by atoms with E-state index in [4.69, 9.17) is 14.1 Å². The maximum absolute atomic E-state index is 14.1. The third-order valence-electron chi connectivity index (χ3n) is 7.69. The van der Waals surface area contributed by atoms with Crippen LogP contribution >= 0.6 is 23.1 Å². The van der Waals surface area contributed by atoms with Crippen LogP contribution in [0.4, 0.5) is 17.6 Å². The zero-order valence-electron chi connectivity index (χ0n) is 26.4. The molecule has 51 heavy (non-hydrogen) atoms. The lowest BCUT2D eigenvalue weighted by molar-refractivity contribution is -0.141. The van der Waals surface area contributed by atoms with Gasteiger partial charge in [0, 0.05) is 17.2 Å². The van der Waals surface area contributed by atoms with E-state index in [1.54, 1.807) is 67.6 Å². The molecule has 0 spiro atoms. The summed E-state index contributed by atoms with van der Waals surface area (Å²) < 4.78 is 68.2. The number of aromatic nitrogens is 3. The van der Waals surface area contributed by atoms with Gasteiger partial charge in [-0.1, -0.05) is 84.1 Å². The van der Waals surface area contributed by atoms with Gasteiger partial charge in [-0.05, 0) is 54.6 Å². The van der Waals surface area contributed by atoms with Crippen molar-refractivity contribution in [1.29, 1.82) is 0 Å². The highest BCUT2D eigenvalue weighted by Gasteiger charge is 2.36. The zero-order valence-corrected chi connectivity index (χ0v) is 28.1. The van der Waals surface area contributed by atoms with Crippen LogP contribution in [0.2, 0.25) is 0 Å². The summed E-state index contributed by atoms with van der Waals surface area (Å²) in [4.78, 5) is 40.7. The Bertz CT molecular complexity index is 2460. The first-order chi connectivity index (χ1) is 24.6. The van der Waals surface area contributed by atoms with Gasteiger partial charge in [0.05, 0.1) is 34.1 Å². The molecule has 7 rings (SSSR count). The molecule has 14 heteroatoms. The average molecular weight is 729 g/mol. The molecule has 1 aliphatic rings. The van der Waals surface area contributed by atoms with Gasteiger partial charge < -0.3 is 9.15 Å². The first-order valence-corrected chi connectivity index (χ1v) is 17.1. The largest absolute Gasteiger partial charge is 0.463 e. The normalized spacial score (nSPS) is 14.7. The third kappa shape index (κ3) is 7.05. The van der Waals surface area contributed by atoms with Crippen molar-refractivity contribution in [2.24, 2.45) is 4.99 Å². The summed E-state index contributed by atoms with van der Waals surface area (Å²) in [7, 11) is 0. The Hall–Kier alpha value is -5.60. The average Bonchev–Trinajstić information content (AvgIpc) is 3.70. The Labute approximate surface area is 295 Å². The highest BCUT2D eigenvalue weighted by molar-refractivity contribution is 7.99. The van der Waals surface area contributed by atoms with Crippen LogP contribution in [0.5, 0.6) is 0 Å². The van der Waals surface area contributed by atoms with Crippen molar-refractivity contribution in [2.45, 2.75) is 29.4 Å². The maximum Gasteiger partial charge on any atom is 0.433 e. The fraction of sp³-hybridized carbons (Fsp3) is 0.108. The lowest BCUT2D eigenvalue weighted by Gasteiger charge is -2.25. The molecule has 4 heterocycles. The van der Waals surface area contributed by atoms with Gasteiger partial charge in [-0.15, -0.1) is 0 Å². The van der Waals surface area contributed by atoms with Gasteiger partial charge in [0.2, 0.25) is 0 Å². The molecule has 8 nitrogen and oxygen atoms in total. The maximum atomic E-state index is 14.1. The quantitative estimate of drug-likeness (QED) is 0.0922. The summed E-state index contributed by atoms with van der Waals surface area (Å²) in [5.41, 5.74) is 0.489. The molecule has 0 aliphatic carbocycles. The SMILES string of the molecule is CCOC(=O)C1=C(c2ccccc2)N=c2s/c(=C/c3ccc(Sc4nc(-c5ccccc5)cc(C(F)(F)F)n4)o3)c(=O)n2[C@H]1c1ccc(F)cc1. The summed E-state index contributed by atoms with van der Waals surface area (Å²) in [5, 5.41) is 0.00990. The second-order valence-corrected chi connectivity index (χ2v) is 13.0. The number of esters is 1. The number of rotatable bonds is 8. The molecule has 6 aromatic rings. The van der Waals surface area contributed by atoms with E-state index in [1.807, 2.05) is 6.07 Å². The number of thiazole rings is 1. The number of furan rings is 1. The van der Waals surface area contributed by atoms with Gasteiger partial charge in [0.25, 0.3) is 5.56 Å². The monoisotopic (exact) mass is 728 g/mol. The van der Waals surface area contributed by atoms with Crippen molar-refractivity contribution in [3.05, 3.63) is 157 Å². The van der Waals surface area contributed by atoms with Crippen molar-refractivity contribution >= 4 is 40.8 Å². The standard InChI is InChI=1S/C37H24F4N4O4S2/c1-2-48-34(47)30-31(22-11-7-4-8-12-22)44-36-45(32(30)23-13-15-24(38)16-14-23)33(46)27(50-36)19-25-17-18-29(49-25)51-35-42-26(21-9-5-3-6-10-21)20-28(43-35)37(39,40)41/h3-20,32H,2H2,1H3/b27-19+/t32-/m0/s1. The van der Waals surface area contributed by atoms with Crippen molar-refractivity contribution in [3.63, 3.8) is 0 Å². The van der Waals surface area contributed by atoms with E-state index in [9.17, 15) is 27.2 Å². The van der Waals surface area contributed by atoms with Crippen molar-refractivity contribution in [1.82, 2.24) is 14.5 Å². The van der Waals surface area contributed by atoms with Crippen molar-refractivity contribution in [3.8, 4) is 11.3 Å². The molecular formula is C37H24F4N4O4S2. The highest BCUT2D eigenvalue weighted by Crippen LogP contribution is 2.36. The molecule has 0 saturated carbocycles. The smallest absolute Gasteiger partial charge is 0.433 e. The highest BCUT2D eigenvalue weighted by atomic mass is 32.2. The molecule has 0 N–H and O–H groups in total. The predicted molar refractivity (Wildman–Crippen MR) is 183 cm³/mol. The van der Waals surface area contributed by atoms with Crippen LogP contribution in [0.25, 0.3) is 23.0 Å². The summed E-state index contributed by atoms with van der Waals surface area (Å²) in [6.07, 6.45) is -3.22. The number of alkyl halides is 3. The predicted octanol–water partition coefficient (Wildman–Crippen LogP) is 7.29. The third-order valence-corrected chi connectivity index (χ3v) is 9.46. The fourth-order valence-corrected chi connectivity index (χ4v) is 7.18. The van der Waals surface area contributed by atoms with E-state index in [0.717, 1.165) is 29.2 Å². The topological polar surface area (TPSA) is 99.6 Å². The minimum absolute atomic E-state index is 0.0723. The van der Waals surface area contributed by atoms with Crippen LogP contribution < -0.4 is 14.9 Å². The second-order valence-electron chi connectivity index (χ2n) is 11.0. The first-order valence-electron chi connectivity index (χ1n) is 15.4. The Kier molecular flexibility index (Phi) is 9.27. The molecule has 0 saturated heterocycles. The van der Waals surface area contributed by atoms with E-state index in [1.165, 1.54) is 41.0 Å². The number of hydrogen-bond donors (Lipinski definition) is 0. The van der Waals surface area contributed by atoms with Crippen molar-refractivity contribution < 1.29 is 31.5 Å². The molecule has 0 amide bonds. The van der Waals surface area contributed by atoms with E-state index < -0.39 is 35.3 Å². The number of ether oxygens (including phenoxy) is 1. The van der Waals surface area contributed by atoms with Crippen molar-refractivity contribution in [2.75, 3.05) is 6.61 Å². The number of benzene rings is 3. The summed E-state index contributed by atoms with van der Waals surface area (Å²) in [5.74, 6) is -0.942. The van der Waals surface area contributed by atoms with Crippen LogP contribution in [-0.2, 0) is 15.7 Å². The zero-order chi connectivity index (χ0) is 35.7. The van der Waals surface area contributed by atoms with Crippen LogP contribution in [0.3, 0.4) is 0 Å². The summed E-state index contributed by atoms with van der Waals surface area (Å²) in [6, 6.07) is 25.9. The number of carbonyl (C=O) groups is 1. The number of nitrogens with zero attached hydrogens (tertiary/aromatic N) is 4. The van der Waals surface area contributed by atoms with Crippen LogP contribution in [0.1, 0.15) is 35.5 Å². The molecule has 0 radical (unpaired) electrons. The lowest BCUT2D eigenvalue weighted by atomic mass is 9.93. The summed E-state index contributed by atoms with van der Waals surface area (Å²) in [6.45, 7) is 1.74. The minimum atomic E-state index is -4.70. The van der Waals surface area contributed by atoms with E-state index in [0.29, 0.717) is 22.4 Å². The van der Waals surface area contributed by atoms with Crippen LogP contribution in [-0.4, -0.2) is 27.1 Å². The number of carbonyl (C=O) groups excluding carboxylic acids is 1. The molecule has 0 bridgehead atoms. The van der Waals surface area contributed by atoms with E-state index >= 15 is 0 Å². The number of hydrogen-bond acceptors (Lipinski definition) is 9. The first kappa shape index (κ1) is 33.9.